The number of benzene rings is 2. The van der Waals surface area contributed by atoms with E-state index in [4.69, 9.17) is 10.1 Å². The Balaban J connectivity index is 1.79. The van der Waals surface area contributed by atoms with Gasteiger partial charge in [0.05, 0.1) is 11.4 Å². The lowest BCUT2D eigenvalue weighted by molar-refractivity contribution is -0.138. The van der Waals surface area contributed by atoms with Gasteiger partial charge in [0, 0.05) is 16.2 Å². The topological polar surface area (TPSA) is 50.2 Å². The number of hydrogen-bond acceptors (Lipinski definition) is 3. The van der Waals surface area contributed by atoms with Gasteiger partial charge in [-0.2, -0.15) is 0 Å². The van der Waals surface area contributed by atoms with Crippen LogP contribution in [0.3, 0.4) is 0 Å². The Morgan fingerprint density at radius 2 is 1.83 bits per heavy atom. The molecule has 2 atom stereocenters. The first kappa shape index (κ1) is 14.3. The summed E-state index contributed by atoms with van der Waals surface area (Å²) in [7, 11) is 0. The van der Waals surface area contributed by atoms with Gasteiger partial charge in [-0.05, 0) is 24.1 Å². The Morgan fingerprint density at radius 3 is 2.57 bits per heavy atom. The summed E-state index contributed by atoms with van der Waals surface area (Å²) in [4.78, 5) is 15.9. The third-order valence-electron chi connectivity index (χ3n) is 4.09. The minimum absolute atomic E-state index is 0.128. The lowest BCUT2D eigenvalue weighted by Gasteiger charge is -2.10. The molecule has 1 fully saturated rings. The van der Waals surface area contributed by atoms with E-state index in [0.717, 1.165) is 33.5 Å². The van der Waals surface area contributed by atoms with Crippen molar-refractivity contribution in [1.82, 2.24) is 4.98 Å². The molecule has 2 aromatic carbocycles. The predicted octanol–water partition coefficient (Wildman–Crippen LogP) is 4.47. The second-order valence-electron chi connectivity index (χ2n) is 5.74. The van der Waals surface area contributed by atoms with Crippen LogP contribution in [-0.2, 0) is 4.79 Å². The third-order valence-corrected chi connectivity index (χ3v) is 5.44. The van der Waals surface area contributed by atoms with Crippen molar-refractivity contribution < 1.29 is 9.90 Å². The predicted molar refractivity (Wildman–Crippen MR) is 92.6 cm³/mol. The van der Waals surface area contributed by atoms with Crippen LogP contribution in [0.25, 0.3) is 22.0 Å². The van der Waals surface area contributed by atoms with E-state index in [2.05, 4.69) is 24.3 Å². The summed E-state index contributed by atoms with van der Waals surface area (Å²) in [6.45, 7) is 0. The van der Waals surface area contributed by atoms with Gasteiger partial charge in [0.2, 0.25) is 0 Å². The quantitative estimate of drug-likeness (QED) is 0.770. The van der Waals surface area contributed by atoms with Crippen LogP contribution in [0.5, 0.6) is 0 Å². The number of pyridine rings is 1. The fourth-order valence-corrected chi connectivity index (χ4v) is 4.04. The van der Waals surface area contributed by atoms with Crippen LogP contribution in [0.1, 0.15) is 6.42 Å². The first-order valence-electron chi connectivity index (χ1n) is 7.57. The van der Waals surface area contributed by atoms with E-state index in [1.165, 1.54) is 0 Å². The standard InChI is InChI=1S/C19H15NO2S/c21-19(22)15-11-17(15)23-18-14(12-6-2-1-3-7-12)10-13-8-4-5-9-16(13)20-18/h1-10,15,17H,11H2,(H,21,22)/t15-,17-/m1/s1. The van der Waals surface area contributed by atoms with E-state index in [1.807, 2.05) is 36.4 Å². The maximum atomic E-state index is 11.1. The van der Waals surface area contributed by atoms with E-state index in [1.54, 1.807) is 11.8 Å². The van der Waals surface area contributed by atoms with Crippen molar-refractivity contribution in [2.45, 2.75) is 16.7 Å². The number of thioether (sulfide) groups is 1. The SMILES string of the molecule is O=C(O)[C@@H]1C[C@H]1Sc1nc2ccccc2cc1-c1ccccc1. The van der Waals surface area contributed by atoms with Crippen LogP contribution < -0.4 is 0 Å². The highest BCUT2D eigenvalue weighted by atomic mass is 32.2. The lowest BCUT2D eigenvalue weighted by atomic mass is 10.1. The molecule has 0 saturated heterocycles. The van der Waals surface area contributed by atoms with Gasteiger partial charge < -0.3 is 5.11 Å². The summed E-state index contributed by atoms with van der Waals surface area (Å²) < 4.78 is 0. The molecule has 1 aliphatic rings. The van der Waals surface area contributed by atoms with E-state index in [-0.39, 0.29) is 11.2 Å². The highest BCUT2D eigenvalue weighted by Gasteiger charge is 2.44. The number of para-hydroxylation sites is 1. The molecule has 1 N–H and O–H groups in total. The van der Waals surface area contributed by atoms with Gasteiger partial charge in [0.1, 0.15) is 5.03 Å². The van der Waals surface area contributed by atoms with Crippen LogP contribution in [0.2, 0.25) is 0 Å². The number of aliphatic carboxylic acids is 1. The van der Waals surface area contributed by atoms with Gasteiger partial charge in [-0.25, -0.2) is 4.98 Å². The largest absolute Gasteiger partial charge is 0.481 e. The highest BCUT2D eigenvalue weighted by Crippen LogP contribution is 2.47. The monoisotopic (exact) mass is 321 g/mol. The second kappa shape index (κ2) is 5.70. The molecule has 4 rings (SSSR count). The first-order valence-corrected chi connectivity index (χ1v) is 8.45. The summed E-state index contributed by atoms with van der Waals surface area (Å²) in [6.07, 6.45) is 0.725. The molecular formula is C19H15NO2S. The number of fused-ring (bicyclic) bond motifs is 1. The fourth-order valence-electron chi connectivity index (χ4n) is 2.72. The smallest absolute Gasteiger partial charge is 0.307 e. The molecule has 0 bridgehead atoms. The molecule has 1 aliphatic carbocycles. The molecule has 0 unspecified atom stereocenters. The number of hydrogen-bond donors (Lipinski definition) is 1. The Labute approximate surface area is 138 Å². The van der Waals surface area contributed by atoms with Crippen molar-refractivity contribution in [1.29, 1.82) is 0 Å². The van der Waals surface area contributed by atoms with Gasteiger partial charge in [-0.3, -0.25) is 4.79 Å². The van der Waals surface area contributed by atoms with Crippen LogP contribution in [0.4, 0.5) is 0 Å². The summed E-state index contributed by atoms with van der Waals surface area (Å²) in [5, 5.41) is 11.3. The maximum Gasteiger partial charge on any atom is 0.307 e. The first-order chi connectivity index (χ1) is 11.2. The Bertz CT molecular complexity index is 879. The van der Waals surface area contributed by atoms with Gasteiger partial charge in [0.15, 0.2) is 0 Å². The average Bonchev–Trinajstić information content (AvgIpc) is 3.34. The van der Waals surface area contributed by atoms with Crippen LogP contribution in [0.15, 0.2) is 65.7 Å². The molecule has 3 nitrogen and oxygen atoms in total. The van der Waals surface area contributed by atoms with Crippen LogP contribution in [0, 0.1) is 5.92 Å². The van der Waals surface area contributed by atoms with Crippen molar-refractivity contribution in [3.8, 4) is 11.1 Å². The van der Waals surface area contributed by atoms with Gasteiger partial charge in [-0.1, -0.05) is 48.5 Å². The molecule has 114 valence electrons. The molecule has 1 saturated carbocycles. The van der Waals surface area contributed by atoms with Crippen molar-refractivity contribution in [2.75, 3.05) is 0 Å². The molecule has 0 radical (unpaired) electrons. The normalized spacial score (nSPS) is 19.7. The minimum atomic E-state index is -0.704. The van der Waals surface area contributed by atoms with E-state index < -0.39 is 5.97 Å². The molecular weight excluding hydrogens is 306 g/mol. The number of carbonyl (C=O) groups is 1. The summed E-state index contributed by atoms with van der Waals surface area (Å²) >= 11 is 1.59. The molecule has 0 amide bonds. The van der Waals surface area contributed by atoms with E-state index in [9.17, 15) is 4.79 Å². The van der Waals surface area contributed by atoms with Gasteiger partial charge in [-0.15, -0.1) is 11.8 Å². The maximum absolute atomic E-state index is 11.1. The number of carboxylic acids is 1. The number of rotatable bonds is 4. The van der Waals surface area contributed by atoms with E-state index in [0.29, 0.717) is 0 Å². The third kappa shape index (κ3) is 2.82. The average molecular weight is 321 g/mol. The highest BCUT2D eigenvalue weighted by molar-refractivity contribution is 8.00. The molecule has 1 heterocycles. The van der Waals surface area contributed by atoms with Gasteiger partial charge in [0.25, 0.3) is 0 Å². The van der Waals surface area contributed by atoms with Crippen LogP contribution >= 0.6 is 11.8 Å². The Morgan fingerprint density at radius 1 is 1.09 bits per heavy atom. The number of carboxylic acid groups (broad SMARTS) is 1. The minimum Gasteiger partial charge on any atom is -0.481 e. The molecule has 3 aromatic rings. The van der Waals surface area contributed by atoms with E-state index >= 15 is 0 Å². The molecule has 4 heteroatoms. The lowest BCUT2D eigenvalue weighted by Crippen LogP contribution is -2.00. The fraction of sp³-hybridized carbons (Fsp3) is 0.158. The van der Waals surface area contributed by atoms with Crippen molar-refractivity contribution in [2.24, 2.45) is 5.92 Å². The Hall–Kier alpha value is -2.33. The van der Waals surface area contributed by atoms with Crippen molar-refractivity contribution in [3.63, 3.8) is 0 Å². The number of aromatic nitrogens is 1. The van der Waals surface area contributed by atoms with Crippen molar-refractivity contribution >= 4 is 28.6 Å². The molecule has 23 heavy (non-hydrogen) atoms. The summed E-state index contributed by atoms with van der Waals surface area (Å²) in [6, 6.07) is 20.3. The summed E-state index contributed by atoms with van der Waals surface area (Å²) in [5.74, 6) is -0.943. The zero-order chi connectivity index (χ0) is 15.8. The van der Waals surface area contributed by atoms with Gasteiger partial charge >= 0.3 is 5.97 Å². The molecule has 0 spiro atoms. The van der Waals surface area contributed by atoms with Crippen LogP contribution in [-0.4, -0.2) is 21.3 Å². The summed E-state index contributed by atoms with van der Waals surface area (Å²) in [5.41, 5.74) is 3.13. The Kier molecular flexibility index (Phi) is 3.54. The molecule has 1 aromatic heterocycles. The second-order valence-corrected chi connectivity index (χ2v) is 6.96. The molecule has 0 aliphatic heterocycles. The zero-order valence-corrected chi connectivity index (χ0v) is 13.2. The number of nitrogens with zero attached hydrogens (tertiary/aromatic N) is 1. The zero-order valence-electron chi connectivity index (χ0n) is 12.3. The van der Waals surface area contributed by atoms with Crippen molar-refractivity contribution in [3.05, 3.63) is 60.7 Å².